The van der Waals surface area contributed by atoms with Crippen LogP contribution >= 0.6 is 0 Å². The van der Waals surface area contributed by atoms with E-state index >= 15 is 0 Å². The van der Waals surface area contributed by atoms with Crippen molar-refractivity contribution in [1.82, 2.24) is 5.32 Å². The van der Waals surface area contributed by atoms with Gasteiger partial charge in [-0.25, -0.2) is 0 Å². The van der Waals surface area contributed by atoms with Gasteiger partial charge in [0, 0.05) is 6.42 Å². The summed E-state index contributed by atoms with van der Waals surface area (Å²) in [7, 11) is 0. The quantitative estimate of drug-likeness (QED) is 0.689. The molecule has 0 bridgehead atoms. The molecule has 0 aliphatic heterocycles. The zero-order valence-corrected chi connectivity index (χ0v) is 9.59. The van der Waals surface area contributed by atoms with Crippen LogP contribution in [0.25, 0.3) is 0 Å². The Morgan fingerprint density at radius 2 is 2.20 bits per heavy atom. The van der Waals surface area contributed by atoms with Crippen LogP contribution in [0.15, 0.2) is 0 Å². The fraction of sp³-hybridized carbons (Fsp3) is 0.769. The lowest BCUT2D eigenvalue weighted by Crippen LogP contribution is -2.34. The Hall–Kier alpha value is -0.970. The van der Waals surface area contributed by atoms with Crippen molar-refractivity contribution in [3.63, 3.8) is 0 Å². The normalized spacial score (nSPS) is 18.4. The van der Waals surface area contributed by atoms with Crippen molar-refractivity contribution in [3.8, 4) is 12.3 Å². The summed E-state index contributed by atoms with van der Waals surface area (Å²) < 4.78 is 0. The Bertz CT molecular complexity index is 235. The van der Waals surface area contributed by atoms with Gasteiger partial charge < -0.3 is 5.32 Å². The third kappa shape index (κ3) is 4.38. The van der Waals surface area contributed by atoms with Crippen LogP contribution in [-0.4, -0.2) is 11.9 Å². The highest BCUT2D eigenvalue weighted by molar-refractivity contribution is 5.76. The van der Waals surface area contributed by atoms with Crippen molar-refractivity contribution < 1.29 is 4.79 Å². The summed E-state index contributed by atoms with van der Waals surface area (Å²) in [6, 6.07) is -0.0658. The third-order valence-corrected chi connectivity index (χ3v) is 3.06. The Morgan fingerprint density at radius 3 is 2.73 bits per heavy atom. The van der Waals surface area contributed by atoms with Gasteiger partial charge in [0.2, 0.25) is 5.91 Å². The van der Waals surface area contributed by atoms with Crippen LogP contribution in [0.3, 0.4) is 0 Å². The highest BCUT2D eigenvalue weighted by atomic mass is 16.1. The molecule has 0 aromatic carbocycles. The highest BCUT2D eigenvalue weighted by Crippen LogP contribution is 2.27. The van der Waals surface area contributed by atoms with Crippen LogP contribution < -0.4 is 5.32 Å². The number of amides is 1. The van der Waals surface area contributed by atoms with Crippen LogP contribution in [0.2, 0.25) is 0 Å². The van der Waals surface area contributed by atoms with Crippen molar-refractivity contribution in [2.24, 2.45) is 5.92 Å². The molecule has 1 unspecified atom stereocenters. The van der Waals surface area contributed by atoms with E-state index in [9.17, 15) is 4.79 Å². The van der Waals surface area contributed by atoms with Crippen molar-refractivity contribution in [2.75, 3.05) is 0 Å². The fourth-order valence-electron chi connectivity index (χ4n) is 2.22. The van der Waals surface area contributed by atoms with E-state index in [-0.39, 0.29) is 11.9 Å². The van der Waals surface area contributed by atoms with Crippen LogP contribution in [0.1, 0.15) is 51.9 Å². The lowest BCUT2D eigenvalue weighted by atomic mass is 10.0. The average Bonchev–Trinajstić information content (AvgIpc) is 2.69. The highest BCUT2D eigenvalue weighted by Gasteiger charge is 2.19. The predicted molar refractivity (Wildman–Crippen MR) is 62.2 cm³/mol. The number of carbonyl (C=O) groups is 1. The van der Waals surface area contributed by atoms with Crippen LogP contribution in [0, 0.1) is 18.3 Å². The van der Waals surface area contributed by atoms with Crippen LogP contribution in [0.4, 0.5) is 0 Å². The summed E-state index contributed by atoms with van der Waals surface area (Å²) >= 11 is 0. The second-order valence-corrected chi connectivity index (χ2v) is 4.43. The minimum atomic E-state index is -0.0658. The molecular formula is C13H21NO. The van der Waals surface area contributed by atoms with Crippen molar-refractivity contribution in [3.05, 3.63) is 0 Å². The van der Waals surface area contributed by atoms with Gasteiger partial charge in [-0.15, -0.1) is 6.42 Å². The first-order valence-electron chi connectivity index (χ1n) is 6.01. The van der Waals surface area contributed by atoms with E-state index in [4.69, 9.17) is 6.42 Å². The molecule has 1 aliphatic carbocycles. The first-order valence-corrected chi connectivity index (χ1v) is 6.01. The summed E-state index contributed by atoms with van der Waals surface area (Å²) in [6.07, 6.45) is 12.9. The van der Waals surface area contributed by atoms with Gasteiger partial charge >= 0.3 is 0 Å². The number of carbonyl (C=O) groups excluding carboxylic acids is 1. The zero-order valence-electron chi connectivity index (χ0n) is 9.59. The van der Waals surface area contributed by atoms with Crippen molar-refractivity contribution >= 4 is 5.91 Å². The maximum atomic E-state index is 11.6. The lowest BCUT2D eigenvalue weighted by Gasteiger charge is -2.14. The van der Waals surface area contributed by atoms with Gasteiger partial charge in [0.05, 0.1) is 6.04 Å². The number of terminal acetylenes is 1. The molecule has 0 aromatic rings. The predicted octanol–water partition coefficient (Wildman–Crippen LogP) is 2.48. The Morgan fingerprint density at radius 1 is 1.53 bits per heavy atom. The number of rotatable bonds is 5. The van der Waals surface area contributed by atoms with Crippen molar-refractivity contribution in [2.45, 2.75) is 57.9 Å². The van der Waals surface area contributed by atoms with E-state index in [0.29, 0.717) is 12.3 Å². The minimum Gasteiger partial charge on any atom is -0.342 e. The second kappa shape index (κ2) is 6.50. The molecule has 15 heavy (non-hydrogen) atoms. The maximum Gasteiger partial charge on any atom is 0.221 e. The number of hydrogen-bond acceptors (Lipinski definition) is 1. The van der Waals surface area contributed by atoms with Gasteiger partial charge in [-0.1, -0.05) is 32.1 Å². The smallest absolute Gasteiger partial charge is 0.221 e. The molecule has 1 fully saturated rings. The van der Waals surface area contributed by atoms with Crippen molar-refractivity contribution in [1.29, 1.82) is 0 Å². The second-order valence-electron chi connectivity index (χ2n) is 4.43. The molecule has 2 nitrogen and oxygen atoms in total. The zero-order chi connectivity index (χ0) is 11.1. The SMILES string of the molecule is C#CC(CCC)NC(=O)CC1CCCC1. The monoisotopic (exact) mass is 207 g/mol. The maximum absolute atomic E-state index is 11.6. The molecule has 0 radical (unpaired) electrons. The average molecular weight is 207 g/mol. The molecule has 1 aliphatic rings. The molecule has 1 atom stereocenters. The molecule has 0 saturated heterocycles. The van der Waals surface area contributed by atoms with E-state index < -0.39 is 0 Å². The molecular weight excluding hydrogens is 186 g/mol. The molecule has 1 N–H and O–H groups in total. The van der Waals surface area contributed by atoms with Gasteiger partial charge in [-0.2, -0.15) is 0 Å². The number of hydrogen-bond donors (Lipinski definition) is 1. The topological polar surface area (TPSA) is 29.1 Å². The summed E-state index contributed by atoms with van der Waals surface area (Å²) in [6.45, 7) is 2.08. The van der Waals surface area contributed by atoms with Crippen LogP contribution in [0.5, 0.6) is 0 Å². The van der Waals surface area contributed by atoms with Gasteiger partial charge in [0.25, 0.3) is 0 Å². The summed E-state index contributed by atoms with van der Waals surface area (Å²) in [5.41, 5.74) is 0. The molecule has 1 amide bonds. The van der Waals surface area contributed by atoms with E-state index in [2.05, 4.69) is 18.2 Å². The van der Waals surface area contributed by atoms with E-state index in [1.807, 2.05) is 0 Å². The van der Waals surface area contributed by atoms with E-state index in [1.54, 1.807) is 0 Å². The standard InChI is InChI=1S/C13H21NO/c1-3-7-12(4-2)14-13(15)10-11-8-5-6-9-11/h2,11-12H,3,5-10H2,1H3,(H,14,15). The largest absolute Gasteiger partial charge is 0.342 e. The van der Waals surface area contributed by atoms with E-state index in [1.165, 1.54) is 25.7 Å². The molecule has 2 heteroatoms. The summed E-state index contributed by atoms with van der Waals surface area (Å²) in [5, 5.41) is 2.92. The van der Waals surface area contributed by atoms with Gasteiger partial charge in [-0.3, -0.25) is 4.79 Å². The first kappa shape index (κ1) is 12.1. The van der Waals surface area contributed by atoms with Gasteiger partial charge in [0.1, 0.15) is 0 Å². The van der Waals surface area contributed by atoms with Crippen LogP contribution in [-0.2, 0) is 4.79 Å². The molecule has 0 aromatic heterocycles. The molecule has 1 saturated carbocycles. The first-order chi connectivity index (χ1) is 7.26. The Kier molecular flexibility index (Phi) is 5.25. The molecule has 0 heterocycles. The van der Waals surface area contributed by atoms with E-state index in [0.717, 1.165) is 12.8 Å². The Balaban J connectivity index is 2.24. The fourth-order valence-corrected chi connectivity index (χ4v) is 2.22. The third-order valence-electron chi connectivity index (χ3n) is 3.06. The summed E-state index contributed by atoms with van der Waals surface area (Å²) in [5.74, 6) is 3.37. The molecule has 1 rings (SSSR count). The lowest BCUT2D eigenvalue weighted by molar-refractivity contribution is -0.122. The summed E-state index contributed by atoms with van der Waals surface area (Å²) in [4.78, 5) is 11.6. The molecule has 0 spiro atoms. The minimum absolute atomic E-state index is 0.0658. The molecule has 84 valence electrons. The van der Waals surface area contributed by atoms with Gasteiger partial charge in [-0.05, 0) is 25.2 Å². The van der Waals surface area contributed by atoms with Gasteiger partial charge in [0.15, 0.2) is 0 Å². The Labute approximate surface area is 92.8 Å². The number of nitrogens with one attached hydrogen (secondary N) is 1.